The van der Waals surface area contributed by atoms with E-state index in [2.05, 4.69) is 15.4 Å². The van der Waals surface area contributed by atoms with Gasteiger partial charge in [0, 0.05) is 46.1 Å². The zero-order valence-corrected chi connectivity index (χ0v) is 17.4. The van der Waals surface area contributed by atoms with Crippen molar-refractivity contribution < 1.29 is 14.0 Å². The van der Waals surface area contributed by atoms with Crippen molar-refractivity contribution in [1.82, 2.24) is 15.4 Å². The molecular formula is C23H21N5O3. The van der Waals surface area contributed by atoms with Crippen LogP contribution in [-0.2, 0) is 5.41 Å². The first-order valence-electron chi connectivity index (χ1n) is 9.97. The first-order valence-corrected chi connectivity index (χ1v) is 9.97. The molecule has 5 rings (SSSR count). The number of carbonyl (C=O) groups excluding carboxylic acids is 1. The molecule has 1 aliphatic heterocycles. The number of nitrogens with one attached hydrogen (secondary N) is 1. The molecule has 1 aromatic carbocycles. The Morgan fingerprint density at radius 3 is 2.55 bits per heavy atom. The standard InChI is InChI=1S/C23H21N5O3/c1-23(2,3)21-18-19(24-25-21)22(29)28(20(18)17-6-4-5-12-27(17)30)15-9-7-14(8-10-15)16-11-13-31-26-16/h4-13,20H,1-3H3,(H,24,25). The van der Waals surface area contributed by atoms with Crippen molar-refractivity contribution in [3.8, 4) is 11.3 Å². The number of nitrogens with zero attached hydrogens (tertiary/aromatic N) is 4. The highest BCUT2D eigenvalue weighted by molar-refractivity contribution is 6.10. The summed E-state index contributed by atoms with van der Waals surface area (Å²) < 4.78 is 5.73. The van der Waals surface area contributed by atoms with E-state index in [9.17, 15) is 10.0 Å². The third kappa shape index (κ3) is 2.99. The summed E-state index contributed by atoms with van der Waals surface area (Å²) in [6, 6.07) is 13.8. The number of hydrogen-bond acceptors (Lipinski definition) is 5. The van der Waals surface area contributed by atoms with Gasteiger partial charge in [-0.05, 0) is 18.2 Å². The number of hydrogen-bond donors (Lipinski definition) is 1. The first kappa shape index (κ1) is 19.0. The van der Waals surface area contributed by atoms with Gasteiger partial charge in [0.15, 0.2) is 17.9 Å². The summed E-state index contributed by atoms with van der Waals surface area (Å²) in [5.74, 6) is -0.246. The lowest BCUT2D eigenvalue weighted by Gasteiger charge is -2.27. The molecule has 1 amide bonds. The molecule has 31 heavy (non-hydrogen) atoms. The lowest BCUT2D eigenvalue weighted by molar-refractivity contribution is -0.614. The van der Waals surface area contributed by atoms with Crippen LogP contribution in [-0.4, -0.2) is 21.3 Å². The van der Waals surface area contributed by atoms with Gasteiger partial charge in [-0.2, -0.15) is 9.83 Å². The Labute approximate surface area is 178 Å². The van der Waals surface area contributed by atoms with Gasteiger partial charge in [-0.25, -0.2) is 0 Å². The van der Waals surface area contributed by atoms with Crippen molar-refractivity contribution in [3.63, 3.8) is 0 Å². The van der Waals surface area contributed by atoms with Crippen LogP contribution in [0.25, 0.3) is 11.3 Å². The van der Waals surface area contributed by atoms with Crippen LogP contribution >= 0.6 is 0 Å². The van der Waals surface area contributed by atoms with Gasteiger partial charge in [0.2, 0.25) is 5.69 Å². The van der Waals surface area contributed by atoms with E-state index in [0.717, 1.165) is 21.6 Å². The minimum absolute atomic E-state index is 0.246. The summed E-state index contributed by atoms with van der Waals surface area (Å²) >= 11 is 0. The number of H-pyrrole nitrogens is 1. The number of carbonyl (C=O) groups is 1. The predicted molar refractivity (Wildman–Crippen MR) is 113 cm³/mol. The number of rotatable bonds is 3. The molecule has 1 unspecified atom stereocenters. The average molecular weight is 415 g/mol. The quantitative estimate of drug-likeness (QED) is 0.406. The van der Waals surface area contributed by atoms with Crippen molar-refractivity contribution in [2.45, 2.75) is 32.2 Å². The summed E-state index contributed by atoms with van der Waals surface area (Å²) in [7, 11) is 0. The maximum atomic E-state index is 13.5. The van der Waals surface area contributed by atoms with Gasteiger partial charge in [0.05, 0.1) is 0 Å². The molecule has 1 aliphatic rings. The fourth-order valence-electron chi connectivity index (χ4n) is 4.07. The van der Waals surface area contributed by atoms with Crippen LogP contribution in [0.4, 0.5) is 5.69 Å². The molecule has 3 aromatic heterocycles. The molecule has 0 saturated carbocycles. The predicted octanol–water partition coefficient (Wildman–Crippen LogP) is 3.75. The number of fused-ring (bicyclic) bond motifs is 1. The van der Waals surface area contributed by atoms with E-state index in [4.69, 9.17) is 4.52 Å². The van der Waals surface area contributed by atoms with E-state index < -0.39 is 6.04 Å². The van der Waals surface area contributed by atoms with Gasteiger partial charge in [-0.1, -0.05) is 38.1 Å². The van der Waals surface area contributed by atoms with Crippen molar-refractivity contribution in [3.05, 3.63) is 88.8 Å². The van der Waals surface area contributed by atoms with Crippen LogP contribution in [0, 0.1) is 5.21 Å². The first-order chi connectivity index (χ1) is 14.9. The van der Waals surface area contributed by atoms with Crippen molar-refractivity contribution >= 4 is 11.6 Å². The molecule has 0 spiro atoms. The number of pyridine rings is 1. The molecule has 1 N–H and O–H groups in total. The Hall–Kier alpha value is -3.94. The summed E-state index contributed by atoms with van der Waals surface area (Å²) in [6.07, 6.45) is 2.96. The van der Waals surface area contributed by atoms with Gasteiger partial charge in [-0.3, -0.25) is 14.8 Å². The van der Waals surface area contributed by atoms with Gasteiger partial charge < -0.3 is 9.73 Å². The Morgan fingerprint density at radius 1 is 1.13 bits per heavy atom. The zero-order chi connectivity index (χ0) is 21.8. The Bertz CT molecular complexity index is 1250. The van der Waals surface area contributed by atoms with Crippen LogP contribution in [0.2, 0.25) is 0 Å². The summed E-state index contributed by atoms with van der Waals surface area (Å²) in [5, 5.41) is 24.0. The van der Waals surface area contributed by atoms with E-state index in [-0.39, 0.29) is 11.3 Å². The normalized spacial score (nSPS) is 16.0. The van der Waals surface area contributed by atoms with Crippen molar-refractivity contribution in [1.29, 1.82) is 0 Å². The summed E-state index contributed by atoms with van der Waals surface area (Å²) in [6.45, 7) is 6.15. The highest BCUT2D eigenvalue weighted by atomic mass is 16.5. The minimum atomic E-state index is -0.591. The molecule has 0 saturated heterocycles. The molecule has 8 nitrogen and oxygen atoms in total. The Kier molecular flexibility index (Phi) is 4.18. The second-order valence-corrected chi connectivity index (χ2v) is 8.57. The van der Waals surface area contributed by atoms with E-state index >= 15 is 0 Å². The van der Waals surface area contributed by atoms with Crippen molar-refractivity contribution in [2.75, 3.05) is 4.90 Å². The lowest BCUT2D eigenvalue weighted by Crippen LogP contribution is -2.39. The smallest absolute Gasteiger partial charge is 0.280 e. The topological polar surface area (TPSA) is 102 Å². The molecule has 0 radical (unpaired) electrons. The van der Waals surface area contributed by atoms with Crippen LogP contribution < -0.4 is 9.63 Å². The molecule has 1 atom stereocenters. The molecule has 8 heteroatoms. The average Bonchev–Trinajstić information content (AvgIpc) is 3.46. The SMILES string of the molecule is CC(C)(C)c1[nH]nc2c1C(c1cccc[n+]1[O-])N(c1ccc(-c3ccon3)cc1)C2=O. The molecule has 4 heterocycles. The maximum absolute atomic E-state index is 13.5. The second kappa shape index (κ2) is 6.80. The van der Waals surface area contributed by atoms with Crippen molar-refractivity contribution in [2.24, 2.45) is 0 Å². The third-order valence-electron chi connectivity index (χ3n) is 5.52. The fraction of sp³-hybridized carbons (Fsp3) is 0.217. The Balaban J connectivity index is 1.67. The van der Waals surface area contributed by atoms with Gasteiger partial charge >= 0.3 is 0 Å². The van der Waals surface area contributed by atoms with Crippen LogP contribution in [0.1, 0.15) is 54.3 Å². The minimum Gasteiger partial charge on any atom is -0.618 e. The van der Waals surface area contributed by atoms with E-state index in [0.29, 0.717) is 22.8 Å². The number of anilines is 1. The molecule has 0 aliphatic carbocycles. The van der Waals surface area contributed by atoms with Crippen LogP contribution in [0.3, 0.4) is 0 Å². The van der Waals surface area contributed by atoms with E-state index in [1.54, 1.807) is 29.2 Å². The van der Waals surface area contributed by atoms with Gasteiger partial charge in [0.1, 0.15) is 12.0 Å². The molecule has 156 valence electrons. The highest BCUT2D eigenvalue weighted by Gasteiger charge is 2.47. The molecular weight excluding hydrogens is 394 g/mol. The molecule has 0 fully saturated rings. The van der Waals surface area contributed by atoms with Gasteiger partial charge in [-0.15, -0.1) is 0 Å². The monoisotopic (exact) mass is 415 g/mol. The third-order valence-corrected chi connectivity index (χ3v) is 5.52. The number of amides is 1. The summed E-state index contributed by atoms with van der Waals surface area (Å²) in [5.41, 5.74) is 4.35. The Morgan fingerprint density at radius 2 is 1.90 bits per heavy atom. The highest BCUT2D eigenvalue weighted by Crippen LogP contribution is 2.44. The number of aromatic nitrogens is 4. The largest absolute Gasteiger partial charge is 0.618 e. The molecule has 4 aromatic rings. The van der Waals surface area contributed by atoms with Crippen LogP contribution in [0.5, 0.6) is 0 Å². The molecule has 0 bridgehead atoms. The lowest BCUT2D eigenvalue weighted by atomic mass is 9.86. The van der Waals surface area contributed by atoms with E-state index in [1.807, 2.05) is 45.0 Å². The number of aromatic amines is 1. The maximum Gasteiger partial charge on any atom is 0.280 e. The van der Waals surface area contributed by atoms with Gasteiger partial charge in [0.25, 0.3) is 5.91 Å². The van der Waals surface area contributed by atoms with Crippen LogP contribution in [0.15, 0.2) is 65.5 Å². The number of benzene rings is 1. The van der Waals surface area contributed by atoms with E-state index in [1.165, 1.54) is 12.5 Å². The zero-order valence-electron chi connectivity index (χ0n) is 17.4. The second-order valence-electron chi connectivity index (χ2n) is 8.57. The summed E-state index contributed by atoms with van der Waals surface area (Å²) in [4.78, 5) is 15.1. The fourth-order valence-corrected chi connectivity index (χ4v) is 4.07.